The first-order valence-electron chi connectivity index (χ1n) is 14.5. The molecule has 0 aromatic heterocycles. The summed E-state index contributed by atoms with van der Waals surface area (Å²) < 4.78 is 5.56. The van der Waals surface area contributed by atoms with Crippen LogP contribution in [0.3, 0.4) is 0 Å². The van der Waals surface area contributed by atoms with E-state index in [1.807, 2.05) is 61.6 Å². The highest BCUT2D eigenvalue weighted by Crippen LogP contribution is 2.24. The quantitative estimate of drug-likeness (QED) is 0.350. The number of piperidine rings is 1. The fourth-order valence-electron chi connectivity index (χ4n) is 5.47. The zero-order valence-corrected chi connectivity index (χ0v) is 25.9. The fourth-order valence-corrected chi connectivity index (χ4v) is 5.47. The third kappa shape index (κ3) is 8.78. The number of nitrogens with zero attached hydrogens (tertiary/aromatic N) is 3. The monoisotopic (exact) mass is 548 g/mol. The van der Waals surface area contributed by atoms with Gasteiger partial charge in [-0.3, -0.25) is 19.3 Å². The number of ether oxygens (including phenoxy) is 1. The van der Waals surface area contributed by atoms with Crippen molar-refractivity contribution >= 4 is 23.7 Å². The van der Waals surface area contributed by atoms with Crippen molar-refractivity contribution < 1.29 is 23.9 Å². The Balaban J connectivity index is 2.20. The molecule has 0 spiro atoms. The smallest absolute Gasteiger partial charge is 0.329 e. The van der Waals surface area contributed by atoms with E-state index in [-0.39, 0.29) is 47.6 Å². The lowest BCUT2D eigenvalue weighted by Gasteiger charge is -2.36. The number of amides is 3. The molecule has 2 aliphatic rings. The molecule has 9 nitrogen and oxygen atoms in total. The van der Waals surface area contributed by atoms with Crippen LogP contribution >= 0.6 is 0 Å². The number of hydrogen-bond acceptors (Lipinski definition) is 6. The van der Waals surface area contributed by atoms with Crippen LogP contribution in [0.15, 0.2) is 11.6 Å². The van der Waals surface area contributed by atoms with Crippen molar-refractivity contribution in [2.24, 2.45) is 11.8 Å². The lowest BCUT2D eigenvalue weighted by Crippen LogP contribution is -2.57. The second kappa shape index (κ2) is 13.8. The van der Waals surface area contributed by atoms with Crippen molar-refractivity contribution in [3.63, 3.8) is 0 Å². The predicted octanol–water partition coefficient (Wildman–Crippen LogP) is 3.37. The first-order chi connectivity index (χ1) is 18.0. The Morgan fingerprint density at radius 2 is 1.56 bits per heavy atom. The van der Waals surface area contributed by atoms with Gasteiger partial charge in [0.05, 0.1) is 12.1 Å². The molecular weight excluding hydrogens is 496 g/mol. The number of likely N-dealkylation sites (tertiary alicyclic amines) is 2. The van der Waals surface area contributed by atoms with E-state index in [2.05, 4.69) is 10.2 Å². The van der Waals surface area contributed by atoms with Crippen LogP contribution in [0.2, 0.25) is 0 Å². The summed E-state index contributed by atoms with van der Waals surface area (Å²) >= 11 is 0. The Kier molecular flexibility index (Phi) is 11.6. The van der Waals surface area contributed by atoms with Gasteiger partial charge in [0.15, 0.2) is 0 Å². The summed E-state index contributed by atoms with van der Waals surface area (Å²) in [5.74, 6) is -0.967. The van der Waals surface area contributed by atoms with Gasteiger partial charge in [-0.1, -0.05) is 40.2 Å². The van der Waals surface area contributed by atoms with E-state index in [1.165, 1.54) is 0 Å². The second-order valence-electron chi connectivity index (χ2n) is 12.9. The summed E-state index contributed by atoms with van der Waals surface area (Å²) in [6, 6.07) is -1.86. The zero-order chi connectivity index (χ0) is 29.7. The standard InChI is InChI=1S/C30H52N4O5/c1-19(2)24(18-21(5)27(36)34-17-13-15-23(34)29(38)39-30(6,7)8)33(10)28(37)25(20(3)4)31-26(35)22-14-11-12-16-32(22)9/h18-20,22-25H,11-17H2,1-10H3,(H,31,35)/t22?,23-,24+,25-/m0/s1. The van der Waals surface area contributed by atoms with Crippen molar-refractivity contribution in [3.05, 3.63) is 11.6 Å². The molecule has 0 aromatic rings. The molecule has 4 atom stereocenters. The van der Waals surface area contributed by atoms with E-state index >= 15 is 0 Å². The van der Waals surface area contributed by atoms with Crippen molar-refractivity contribution in [3.8, 4) is 0 Å². The van der Waals surface area contributed by atoms with Gasteiger partial charge in [-0.25, -0.2) is 4.79 Å². The molecule has 2 rings (SSSR count). The Morgan fingerprint density at radius 1 is 0.949 bits per heavy atom. The fraction of sp³-hybridized carbons (Fsp3) is 0.800. The number of esters is 1. The lowest BCUT2D eigenvalue weighted by atomic mass is 9.96. The highest BCUT2D eigenvalue weighted by atomic mass is 16.6. The van der Waals surface area contributed by atoms with Crippen LogP contribution in [-0.4, -0.2) is 95.3 Å². The van der Waals surface area contributed by atoms with Gasteiger partial charge in [0.2, 0.25) is 17.7 Å². The molecule has 2 fully saturated rings. The maximum Gasteiger partial charge on any atom is 0.329 e. The van der Waals surface area contributed by atoms with E-state index < -0.39 is 17.7 Å². The molecule has 0 radical (unpaired) electrons. The molecule has 2 aliphatic heterocycles. The van der Waals surface area contributed by atoms with Gasteiger partial charge in [-0.15, -0.1) is 0 Å². The number of hydrogen-bond donors (Lipinski definition) is 1. The minimum atomic E-state index is -0.668. The SMILES string of the molecule is CC(=C[C@H](C(C)C)N(C)C(=O)[C@@H](NC(=O)C1CCCCN1C)C(C)C)C(=O)N1CCC[C@H]1C(=O)OC(C)(C)C. The summed E-state index contributed by atoms with van der Waals surface area (Å²) in [6.07, 6.45) is 6.00. The van der Waals surface area contributed by atoms with E-state index in [1.54, 1.807) is 23.8 Å². The van der Waals surface area contributed by atoms with E-state index in [4.69, 9.17) is 4.74 Å². The minimum Gasteiger partial charge on any atom is -0.458 e. The van der Waals surface area contributed by atoms with Crippen molar-refractivity contribution in [1.82, 2.24) is 20.0 Å². The van der Waals surface area contributed by atoms with Crippen LogP contribution < -0.4 is 5.32 Å². The molecule has 39 heavy (non-hydrogen) atoms. The maximum atomic E-state index is 13.7. The molecule has 1 N–H and O–H groups in total. The van der Waals surface area contributed by atoms with Crippen LogP contribution in [0.5, 0.6) is 0 Å². The van der Waals surface area contributed by atoms with Gasteiger partial charge in [-0.05, 0) is 78.8 Å². The molecule has 0 aliphatic carbocycles. The van der Waals surface area contributed by atoms with E-state index in [0.717, 1.165) is 32.2 Å². The van der Waals surface area contributed by atoms with Crippen LogP contribution in [0.1, 0.15) is 87.5 Å². The van der Waals surface area contributed by atoms with Crippen LogP contribution in [0.25, 0.3) is 0 Å². The van der Waals surface area contributed by atoms with Crippen molar-refractivity contribution in [1.29, 1.82) is 0 Å². The van der Waals surface area contributed by atoms with Gasteiger partial charge < -0.3 is 19.9 Å². The molecule has 222 valence electrons. The minimum absolute atomic E-state index is 0.0231. The molecule has 9 heteroatoms. The predicted molar refractivity (Wildman–Crippen MR) is 153 cm³/mol. The molecule has 3 amide bonds. The summed E-state index contributed by atoms with van der Waals surface area (Å²) in [5.41, 5.74) is -0.141. The van der Waals surface area contributed by atoms with Gasteiger partial charge in [-0.2, -0.15) is 0 Å². The van der Waals surface area contributed by atoms with E-state index in [9.17, 15) is 19.2 Å². The van der Waals surface area contributed by atoms with Crippen LogP contribution in [-0.2, 0) is 23.9 Å². The number of likely N-dealkylation sites (N-methyl/N-ethyl adjacent to an activating group) is 2. The maximum absolute atomic E-state index is 13.7. The Labute approximate surface area is 235 Å². The van der Waals surface area contributed by atoms with Crippen molar-refractivity contribution in [2.45, 2.75) is 117 Å². The molecule has 2 saturated heterocycles. The largest absolute Gasteiger partial charge is 0.458 e. The summed E-state index contributed by atoms with van der Waals surface area (Å²) in [5, 5.41) is 3.03. The third-order valence-electron chi connectivity index (χ3n) is 7.73. The number of carbonyl (C=O) groups is 4. The van der Waals surface area contributed by atoms with Gasteiger partial charge >= 0.3 is 5.97 Å². The van der Waals surface area contributed by atoms with Gasteiger partial charge in [0.1, 0.15) is 17.7 Å². The van der Waals surface area contributed by atoms with Gasteiger partial charge in [0, 0.05) is 19.2 Å². The first kappa shape index (κ1) is 32.8. The number of rotatable bonds is 9. The summed E-state index contributed by atoms with van der Waals surface area (Å²) in [7, 11) is 3.68. The average molecular weight is 549 g/mol. The Morgan fingerprint density at radius 3 is 2.10 bits per heavy atom. The molecule has 0 bridgehead atoms. The van der Waals surface area contributed by atoms with Gasteiger partial charge in [0.25, 0.3) is 0 Å². The van der Waals surface area contributed by atoms with Crippen molar-refractivity contribution in [2.75, 3.05) is 27.2 Å². The highest BCUT2D eigenvalue weighted by Gasteiger charge is 2.38. The molecule has 0 aromatic carbocycles. The topological polar surface area (TPSA) is 99.3 Å². The summed E-state index contributed by atoms with van der Waals surface area (Å²) in [6.45, 7) is 16.4. The molecule has 1 unspecified atom stereocenters. The van der Waals surface area contributed by atoms with E-state index in [0.29, 0.717) is 18.5 Å². The highest BCUT2D eigenvalue weighted by molar-refractivity contribution is 5.96. The molecular formula is C30H52N4O5. The summed E-state index contributed by atoms with van der Waals surface area (Å²) in [4.78, 5) is 58.4. The van der Waals surface area contributed by atoms with Crippen LogP contribution in [0.4, 0.5) is 0 Å². The molecule has 0 saturated carbocycles. The Bertz CT molecular complexity index is 923. The zero-order valence-electron chi connectivity index (χ0n) is 25.9. The average Bonchev–Trinajstić information content (AvgIpc) is 3.33. The Hall–Kier alpha value is -2.42. The third-order valence-corrected chi connectivity index (χ3v) is 7.73. The van der Waals surface area contributed by atoms with Crippen LogP contribution in [0, 0.1) is 11.8 Å². The number of nitrogens with one attached hydrogen (secondary N) is 1. The first-order valence-corrected chi connectivity index (χ1v) is 14.5. The normalized spacial score (nSPS) is 22.6. The molecule has 2 heterocycles. The lowest BCUT2D eigenvalue weighted by molar-refractivity contribution is -0.162. The number of carbonyl (C=O) groups excluding carboxylic acids is 4. The second-order valence-corrected chi connectivity index (χ2v) is 12.9.